The summed E-state index contributed by atoms with van der Waals surface area (Å²) in [6.07, 6.45) is 4.89. The molecule has 0 bridgehead atoms. The minimum atomic E-state index is -0.279. The molecule has 5 rings (SSSR count). The number of aromatic nitrogens is 2. The number of aryl methyl sites for hydroxylation is 1. The number of imidazole rings is 1. The van der Waals surface area contributed by atoms with Gasteiger partial charge in [-0.1, -0.05) is 42.5 Å². The Labute approximate surface area is 196 Å². The van der Waals surface area contributed by atoms with Crippen LogP contribution in [0.3, 0.4) is 0 Å². The Morgan fingerprint density at radius 1 is 1.09 bits per heavy atom. The molecule has 0 spiro atoms. The highest BCUT2D eigenvalue weighted by molar-refractivity contribution is 7.15. The first-order valence-corrected chi connectivity index (χ1v) is 12.3. The minimum absolute atomic E-state index is 0.0882. The highest BCUT2D eigenvalue weighted by atomic mass is 32.1. The number of amides is 1. The summed E-state index contributed by atoms with van der Waals surface area (Å²) in [6.45, 7) is 2.97. The van der Waals surface area contributed by atoms with E-state index in [0.29, 0.717) is 24.1 Å². The summed E-state index contributed by atoms with van der Waals surface area (Å²) in [5.74, 6) is -0.190. The van der Waals surface area contributed by atoms with Gasteiger partial charge >= 0.3 is 0 Å². The zero-order valence-corrected chi connectivity index (χ0v) is 19.2. The molecule has 33 heavy (non-hydrogen) atoms. The number of likely N-dealkylation sites (tertiary alicyclic amines) is 1. The van der Waals surface area contributed by atoms with Gasteiger partial charge in [-0.25, -0.2) is 9.37 Å². The van der Waals surface area contributed by atoms with Gasteiger partial charge in [0, 0.05) is 54.9 Å². The third-order valence-corrected chi connectivity index (χ3v) is 7.13. The fraction of sp³-hybridized carbons (Fsp3) is 0.308. The zero-order valence-electron chi connectivity index (χ0n) is 18.4. The molecule has 0 atom stereocenters. The summed E-state index contributed by atoms with van der Waals surface area (Å²) in [6, 6.07) is 17.4. The average molecular weight is 463 g/mol. The van der Waals surface area contributed by atoms with Gasteiger partial charge in [0.1, 0.15) is 5.82 Å². The largest absolute Gasteiger partial charge is 0.353 e. The number of hydrogen-bond donors (Lipinski definition) is 1. The van der Waals surface area contributed by atoms with E-state index in [1.807, 2.05) is 28.1 Å². The highest BCUT2D eigenvalue weighted by Gasteiger charge is 2.21. The Kier molecular flexibility index (Phi) is 6.51. The lowest BCUT2D eigenvalue weighted by atomic mass is 10.0. The number of hydrogen-bond acceptors (Lipinski definition) is 4. The molecule has 5 nitrogen and oxygen atoms in total. The summed E-state index contributed by atoms with van der Waals surface area (Å²) in [4.78, 5) is 20.4. The van der Waals surface area contributed by atoms with Crippen LogP contribution in [0.25, 0.3) is 16.2 Å². The van der Waals surface area contributed by atoms with Crippen LogP contribution in [0.1, 0.15) is 30.5 Å². The quantitative estimate of drug-likeness (QED) is 0.424. The second-order valence-electron chi connectivity index (χ2n) is 8.59. The maximum absolute atomic E-state index is 14.1. The smallest absolute Gasteiger partial charge is 0.220 e. The van der Waals surface area contributed by atoms with Gasteiger partial charge in [-0.3, -0.25) is 14.1 Å². The summed E-state index contributed by atoms with van der Waals surface area (Å²) in [5.41, 5.74) is 3.47. The van der Waals surface area contributed by atoms with Crippen molar-refractivity contribution in [3.05, 3.63) is 83.2 Å². The Hall–Kier alpha value is -3.03. The Morgan fingerprint density at radius 2 is 1.85 bits per heavy atom. The van der Waals surface area contributed by atoms with Gasteiger partial charge in [-0.15, -0.1) is 11.3 Å². The first-order chi connectivity index (χ1) is 16.2. The van der Waals surface area contributed by atoms with Gasteiger partial charge in [0.2, 0.25) is 5.91 Å². The normalized spacial score (nSPS) is 15.2. The molecule has 2 aromatic carbocycles. The van der Waals surface area contributed by atoms with Gasteiger partial charge < -0.3 is 5.32 Å². The monoisotopic (exact) mass is 462 g/mol. The van der Waals surface area contributed by atoms with Crippen LogP contribution in [0.15, 0.2) is 66.2 Å². The topological polar surface area (TPSA) is 49.6 Å². The Morgan fingerprint density at radius 3 is 2.64 bits per heavy atom. The van der Waals surface area contributed by atoms with Crippen molar-refractivity contribution in [2.45, 2.75) is 38.3 Å². The van der Waals surface area contributed by atoms with Crippen LogP contribution < -0.4 is 5.32 Å². The van der Waals surface area contributed by atoms with Crippen LogP contribution in [-0.4, -0.2) is 39.3 Å². The molecule has 1 aliphatic heterocycles. The first kappa shape index (κ1) is 21.8. The molecule has 3 heterocycles. The van der Waals surface area contributed by atoms with Gasteiger partial charge in [0.15, 0.2) is 4.96 Å². The fourth-order valence-corrected chi connectivity index (χ4v) is 5.33. The SMILES string of the molecule is O=C(CCc1csc2nc(-c3ccccc3F)cn12)NC1CCN(Cc2ccccc2)CC1. The van der Waals surface area contributed by atoms with E-state index in [-0.39, 0.29) is 17.8 Å². The van der Waals surface area contributed by atoms with E-state index < -0.39 is 0 Å². The van der Waals surface area contributed by atoms with Crippen molar-refractivity contribution in [3.8, 4) is 11.3 Å². The van der Waals surface area contributed by atoms with E-state index in [4.69, 9.17) is 0 Å². The van der Waals surface area contributed by atoms with Gasteiger partial charge in [0.05, 0.1) is 5.69 Å². The van der Waals surface area contributed by atoms with E-state index in [2.05, 4.69) is 39.5 Å². The van der Waals surface area contributed by atoms with Gasteiger partial charge in [-0.05, 0) is 37.0 Å². The van der Waals surface area contributed by atoms with Gasteiger partial charge in [-0.2, -0.15) is 0 Å². The average Bonchev–Trinajstić information content (AvgIpc) is 3.41. The van der Waals surface area contributed by atoms with Crippen molar-refractivity contribution in [1.82, 2.24) is 19.6 Å². The van der Waals surface area contributed by atoms with Crippen molar-refractivity contribution in [2.24, 2.45) is 0 Å². The summed E-state index contributed by atoms with van der Waals surface area (Å²) in [5, 5.41) is 5.25. The molecule has 2 aromatic heterocycles. The lowest BCUT2D eigenvalue weighted by Crippen LogP contribution is -2.44. The molecular weight excluding hydrogens is 435 g/mol. The number of fused-ring (bicyclic) bond motifs is 1. The zero-order chi connectivity index (χ0) is 22.6. The van der Waals surface area contributed by atoms with Crippen molar-refractivity contribution in [3.63, 3.8) is 0 Å². The number of nitrogens with one attached hydrogen (secondary N) is 1. The second kappa shape index (κ2) is 9.85. The number of piperidine rings is 1. The molecule has 4 aromatic rings. The maximum atomic E-state index is 14.1. The van der Waals surface area contributed by atoms with Crippen LogP contribution in [0.4, 0.5) is 4.39 Å². The summed E-state index contributed by atoms with van der Waals surface area (Å²) < 4.78 is 16.1. The Bertz CT molecular complexity index is 1230. The molecule has 170 valence electrons. The van der Waals surface area contributed by atoms with Crippen LogP contribution in [0.5, 0.6) is 0 Å². The lowest BCUT2D eigenvalue weighted by molar-refractivity contribution is -0.122. The van der Waals surface area contributed by atoms with Gasteiger partial charge in [0.25, 0.3) is 0 Å². The molecule has 1 aliphatic rings. The highest BCUT2D eigenvalue weighted by Crippen LogP contribution is 2.26. The van der Waals surface area contributed by atoms with Crippen LogP contribution in [0, 0.1) is 5.82 Å². The van der Waals surface area contributed by atoms with Crippen molar-refractivity contribution >= 4 is 22.2 Å². The summed E-state index contributed by atoms with van der Waals surface area (Å²) in [7, 11) is 0. The number of carbonyl (C=O) groups is 1. The lowest BCUT2D eigenvalue weighted by Gasteiger charge is -2.32. The molecule has 1 saturated heterocycles. The van der Waals surface area contributed by atoms with E-state index >= 15 is 0 Å². The number of rotatable bonds is 7. The van der Waals surface area contributed by atoms with E-state index in [0.717, 1.165) is 43.1 Å². The first-order valence-electron chi connectivity index (χ1n) is 11.4. The van der Waals surface area contributed by atoms with Crippen LogP contribution >= 0.6 is 11.3 Å². The summed E-state index contributed by atoms with van der Waals surface area (Å²) >= 11 is 1.52. The molecule has 0 aliphatic carbocycles. The van der Waals surface area contributed by atoms with Crippen molar-refractivity contribution in [1.29, 1.82) is 0 Å². The molecule has 1 N–H and O–H groups in total. The van der Waals surface area contributed by atoms with E-state index in [1.54, 1.807) is 12.1 Å². The third-order valence-electron chi connectivity index (χ3n) is 6.24. The molecule has 7 heteroatoms. The molecule has 0 saturated carbocycles. The van der Waals surface area contributed by atoms with E-state index in [1.165, 1.54) is 23.0 Å². The number of thiazole rings is 1. The van der Waals surface area contributed by atoms with Crippen LogP contribution in [-0.2, 0) is 17.8 Å². The molecular formula is C26H27FN4OS. The third kappa shape index (κ3) is 5.15. The maximum Gasteiger partial charge on any atom is 0.220 e. The number of nitrogens with zero attached hydrogens (tertiary/aromatic N) is 3. The van der Waals surface area contributed by atoms with Crippen molar-refractivity contribution in [2.75, 3.05) is 13.1 Å². The number of benzene rings is 2. The predicted molar refractivity (Wildman–Crippen MR) is 130 cm³/mol. The number of carbonyl (C=O) groups excluding carboxylic acids is 1. The molecule has 1 amide bonds. The Balaban J connectivity index is 1.12. The van der Waals surface area contributed by atoms with E-state index in [9.17, 15) is 9.18 Å². The number of halogens is 1. The fourth-order valence-electron chi connectivity index (χ4n) is 4.43. The molecule has 1 fully saturated rings. The standard InChI is InChI=1S/C26H27FN4OS/c27-23-9-5-4-8-22(23)24-17-31-21(18-33-26(31)29-24)10-11-25(32)28-20-12-14-30(15-13-20)16-19-6-2-1-3-7-19/h1-9,17-18,20H,10-16H2,(H,28,32). The molecule has 0 unspecified atom stereocenters. The van der Waals surface area contributed by atoms with Crippen molar-refractivity contribution < 1.29 is 9.18 Å². The second-order valence-corrected chi connectivity index (χ2v) is 9.43. The minimum Gasteiger partial charge on any atom is -0.353 e. The molecule has 0 radical (unpaired) electrons. The predicted octanol–water partition coefficient (Wildman–Crippen LogP) is 4.92. The van der Waals surface area contributed by atoms with Crippen LogP contribution in [0.2, 0.25) is 0 Å².